The Kier molecular flexibility index (Phi) is 4.63. The maximum absolute atomic E-state index is 12.2. The number of nitrogens with zero attached hydrogens (tertiary/aromatic N) is 2. The van der Waals surface area contributed by atoms with Crippen LogP contribution in [0.2, 0.25) is 0 Å². The van der Waals surface area contributed by atoms with Gasteiger partial charge in [-0.1, -0.05) is 15.9 Å². The van der Waals surface area contributed by atoms with Gasteiger partial charge in [0.15, 0.2) is 0 Å². The van der Waals surface area contributed by atoms with E-state index in [1.807, 2.05) is 6.92 Å². The lowest BCUT2D eigenvalue weighted by Crippen LogP contribution is -2.42. The highest BCUT2D eigenvalue weighted by atomic mass is 79.9. The molecule has 1 fully saturated rings. The number of benzene rings is 1. The maximum atomic E-state index is 12.2. The summed E-state index contributed by atoms with van der Waals surface area (Å²) in [6.45, 7) is 1.72. The zero-order valence-electron chi connectivity index (χ0n) is 12.3. The van der Waals surface area contributed by atoms with E-state index < -0.39 is 10.0 Å². The molecule has 0 heterocycles. The molecule has 0 spiro atoms. The number of rotatable bonds is 5. The van der Waals surface area contributed by atoms with Gasteiger partial charge in [0.1, 0.15) is 6.54 Å². The standard InChI is InChI=1S/C14H19BrN2O3S/c1-10-8-12(6-7-13(10)15)17(21(3,19)20)9-14(18)16(2)11-4-5-11/h6-8,11H,4-5,9H2,1-3H3. The van der Waals surface area contributed by atoms with Gasteiger partial charge < -0.3 is 4.90 Å². The fourth-order valence-electron chi connectivity index (χ4n) is 2.08. The van der Waals surface area contributed by atoms with Crippen molar-refractivity contribution in [1.29, 1.82) is 0 Å². The molecular formula is C14H19BrN2O3S. The summed E-state index contributed by atoms with van der Waals surface area (Å²) in [7, 11) is -1.78. The zero-order chi connectivity index (χ0) is 15.8. The number of likely N-dealkylation sites (N-methyl/N-ethyl adjacent to an activating group) is 1. The zero-order valence-corrected chi connectivity index (χ0v) is 14.7. The number of carbonyl (C=O) groups is 1. The first-order valence-electron chi connectivity index (χ1n) is 6.69. The van der Waals surface area contributed by atoms with Crippen molar-refractivity contribution in [2.75, 3.05) is 24.2 Å². The lowest BCUT2D eigenvalue weighted by Gasteiger charge is -2.25. The maximum Gasteiger partial charge on any atom is 0.243 e. The molecule has 0 radical (unpaired) electrons. The molecule has 0 unspecified atom stereocenters. The summed E-state index contributed by atoms with van der Waals surface area (Å²) >= 11 is 3.39. The lowest BCUT2D eigenvalue weighted by atomic mass is 10.2. The Morgan fingerprint density at radius 2 is 2.00 bits per heavy atom. The van der Waals surface area contributed by atoms with Crippen LogP contribution in [0.3, 0.4) is 0 Å². The van der Waals surface area contributed by atoms with Gasteiger partial charge in [-0.3, -0.25) is 9.10 Å². The van der Waals surface area contributed by atoms with Gasteiger partial charge in [0.05, 0.1) is 11.9 Å². The first kappa shape index (κ1) is 16.3. The second kappa shape index (κ2) is 5.96. The molecule has 1 aromatic carbocycles. The Bertz CT molecular complexity index is 656. The third-order valence-electron chi connectivity index (χ3n) is 3.60. The number of carbonyl (C=O) groups excluding carboxylic acids is 1. The van der Waals surface area contributed by atoms with Gasteiger partial charge in [-0.15, -0.1) is 0 Å². The molecule has 1 aromatic rings. The highest BCUT2D eigenvalue weighted by Gasteiger charge is 2.31. The first-order valence-corrected chi connectivity index (χ1v) is 9.34. The highest BCUT2D eigenvalue weighted by molar-refractivity contribution is 9.10. The molecule has 1 aliphatic rings. The second-order valence-electron chi connectivity index (χ2n) is 5.44. The summed E-state index contributed by atoms with van der Waals surface area (Å²) in [6, 6.07) is 5.52. The minimum Gasteiger partial charge on any atom is -0.341 e. The second-order valence-corrected chi connectivity index (χ2v) is 8.20. The molecule has 0 aromatic heterocycles. The van der Waals surface area contributed by atoms with Crippen LogP contribution < -0.4 is 4.31 Å². The molecule has 1 aliphatic carbocycles. The summed E-state index contributed by atoms with van der Waals surface area (Å²) in [5, 5.41) is 0. The van der Waals surface area contributed by atoms with E-state index in [0.29, 0.717) is 5.69 Å². The largest absolute Gasteiger partial charge is 0.341 e. The first-order chi connectivity index (χ1) is 9.70. The van der Waals surface area contributed by atoms with Crippen LogP contribution >= 0.6 is 15.9 Å². The van der Waals surface area contributed by atoms with Crippen LogP contribution in [-0.4, -0.2) is 45.1 Å². The lowest BCUT2D eigenvalue weighted by molar-refractivity contribution is -0.128. The summed E-state index contributed by atoms with van der Waals surface area (Å²) in [5.74, 6) is -0.177. The molecule has 0 saturated heterocycles. The van der Waals surface area contributed by atoms with E-state index in [1.165, 1.54) is 0 Å². The highest BCUT2D eigenvalue weighted by Crippen LogP contribution is 2.27. The number of amides is 1. The summed E-state index contributed by atoms with van der Waals surface area (Å²) < 4.78 is 26.1. The van der Waals surface area contributed by atoms with E-state index >= 15 is 0 Å². The number of anilines is 1. The number of halogens is 1. The topological polar surface area (TPSA) is 57.7 Å². The molecule has 0 aliphatic heterocycles. The Balaban J connectivity index is 2.26. The van der Waals surface area contributed by atoms with Crippen LogP contribution in [0.15, 0.2) is 22.7 Å². The van der Waals surface area contributed by atoms with Crippen molar-refractivity contribution in [2.45, 2.75) is 25.8 Å². The summed E-state index contributed by atoms with van der Waals surface area (Å²) in [4.78, 5) is 13.9. The van der Waals surface area contributed by atoms with Crippen molar-refractivity contribution in [1.82, 2.24) is 4.90 Å². The number of hydrogen-bond donors (Lipinski definition) is 0. The van der Waals surface area contributed by atoms with Crippen LogP contribution in [0.1, 0.15) is 18.4 Å². The third-order valence-corrected chi connectivity index (χ3v) is 5.63. The fraction of sp³-hybridized carbons (Fsp3) is 0.500. The average molecular weight is 375 g/mol. The quantitative estimate of drug-likeness (QED) is 0.793. The molecule has 0 atom stereocenters. The predicted octanol–water partition coefficient (Wildman–Crippen LogP) is 2.14. The van der Waals surface area contributed by atoms with E-state index in [2.05, 4.69) is 15.9 Å². The molecule has 5 nitrogen and oxygen atoms in total. The molecule has 1 saturated carbocycles. The van der Waals surface area contributed by atoms with Crippen LogP contribution in [0.4, 0.5) is 5.69 Å². The van der Waals surface area contributed by atoms with Crippen molar-refractivity contribution in [3.63, 3.8) is 0 Å². The third kappa shape index (κ3) is 3.97. The minimum absolute atomic E-state index is 0.160. The molecule has 2 rings (SSSR count). The molecule has 1 amide bonds. The van der Waals surface area contributed by atoms with E-state index in [9.17, 15) is 13.2 Å². The normalized spacial score (nSPS) is 14.9. The van der Waals surface area contributed by atoms with Gasteiger partial charge in [0.25, 0.3) is 0 Å². The predicted molar refractivity (Wildman–Crippen MR) is 86.9 cm³/mol. The molecule has 21 heavy (non-hydrogen) atoms. The molecular weight excluding hydrogens is 356 g/mol. The SMILES string of the molecule is Cc1cc(N(CC(=O)N(C)C2CC2)S(C)(=O)=O)ccc1Br. The van der Waals surface area contributed by atoms with Crippen LogP contribution in [0.5, 0.6) is 0 Å². The van der Waals surface area contributed by atoms with Crippen molar-refractivity contribution in [3.8, 4) is 0 Å². The Labute approximate surface area is 134 Å². The van der Waals surface area contributed by atoms with Gasteiger partial charge in [-0.25, -0.2) is 8.42 Å². The van der Waals surface area contributed by atoms with Gasteiger partial charge in [0.2, 0.25) is 15.9 Å². The van der Waals surface area contributed by atoms with Crippen molar-refractivity contribution < 1.29 is 13.2 Å². The van der Waals surface area contributed by atoms with E-state index in [1.54, 1.807) is 30.1 Å². The molecule has 0 N–H and O–H groups in total. The van der Waals surface area contributed by atoms with Gasteiger partial charge in [0, 0.05) is 17.6 Å². The fourth-order valence-corrected chi connectivity index (χ4v) is 3.17. The number of sulfonamides is 1. The van der Waals surface area contributed by atoms with Gasteiger partial charge in [-0.2, -0.15) is 0 Å². The van der Waals surface area contributed by atoms with Crippen LogP contribution in [0, 0.1) is 6.92 Å². The summed E-state index contributed by atoms with van der Waals surface area (Å²) in [6.07, 6.45) is 3.12. The molecule has 7 heteroatoms. The summed E-state index contributed by atoms with van der Waals surface area (Å²) in [5.41, 5.74) is 1.43. The molecule has 0 bridgehead atoms. The Morgan fingerprint density at radius 1 is 1.38 bits per heavy atom. The van der Waals surface area contributed by atoms with Gasteiger partial charge in [-0.05, 0) is 43.5 Å². The van der Waals surface area contributed by atoms with E-state index in [-0.39, 0.29) is 18.5 Å². The number of hydrogen-bond acceptors (Lipinski definition) is 3. The Hall–Kier alpha value is -1.08. The Morgan fingerprint density at radius 3 is 2.48 bits per heavy atom. The smallest absolute Gasteiger partial charge is 0.243 e. The van der Waals surface area contributed by atoms with Crippen molar-refractivity contribution in [2.24, 2.45) is 0 Å². The van der Waals surface area contributed by atoms with E-state index in [0.717, 1.165) is 33.4 Å². The van der Waals surface area contributed by atoms with Crippen molar-refractivity contribution in [3.05, 3.63) is 28.2 Å². The van der Waals surface area contributed by atoms with Crippen LogP contribution in [0.25, 0.3) is 0 Å². The van der Waals surface area contributed by atoms with Crippen molar-refractivity contribution >= 4 is 37.5 Å². The van der Waals surface area contributed by atoms with E-state index in [4.69, 9.17) is 0 Å². The van der Waals surface area contributed by atoms with Crippen LogP contribution in [-0.2, 0) is 14.8 Å². The molecule has 116 valence electrons. The monoisotopic (exact) mass is 374 g/mol. The number of aryl methyl sites for hydroxylation is 1. The van der Waals surface area contributed by atoms with Gasteiger partial charge >= 0.3 is 0 Å². The minimum atomic E-state index is -3.51. The average Bonchev–Trinajstić information content (AvgIpc) is 3.21.